The van der Waals surface area contributed by atoms with E-state index in [9.17, 15) is 5.11 Å². The van der Waals surface area contributed by atoms with Gasteiger partial charge in [-0.25, -0.2) is 5.01 Å². The SMILES string of the molecule is OC[N+]1(/N=C/c2ccccc2)C=CN(/N=C/c2ccccc2)C1. The summed E-state index contributed by atoms with van der Waals surface area (Å²) in [6, 6.07) is 19.7. The molecule has 0 aromatic heterocycles. The summed E-state index contributed by atoms with van der Waals surface area (Å²) in [5.41, 5.74) is 2.03. The van der Waals surface area contributed by atoms with Crippen molar-refractivity contribution in [3.63, 3.8) is 0 Å². The molecule has 3 rings (SSSR count). The summed E-state index contributed by atoms with van der Waals surface area (Å²) >= 11 is 0. The van der Waals surface area contributed by atoms with Gasteiger partial charge in [-0.1, -0.05) is 65.8 Å². The summed E-state index contributed by atoms with van der Waals surface area (Å²) in [4.78, 5) is 0. The van der Waals surface area contributed by atoms with Crippen LogP contribution in [-0.2, 0) is 0 Å². The quantitative estimate of drug-likeness (QED) is 0.682. The lowest BCUT2D eigenvalue weighted by molar-refractivity contribution is -0.906. The molecule has 23 heavy (non-hydrogen) atoms. The van der Waals surface area contributed by atoms with Crippen LogP contribution >= 0.6 is 0 Å². The molecule has 5 heteroatoms. The van der Waals surface area contributed by atoms with E-state index in [1.54, 1.807) is 17.4 Å². The molecule has 0 fully saturated rings. The van der Waals surface area contributed by atoms with Crippen molar-refractivity contribution in [1.82, 2.24) is 5.01 Å². The first-order valence-corrected chi connectivity index (χ1v) is 7.43. The fourth-order valence-electron chi connectivity index (χ4n) is 2.23. The zero-order chi connectivity index (χ0) is 16.0. The Morgan fingerprint density at radius 2 is 1.57 bits per heavy atom. The maximum atomic E-state index is 9.73. The van der Waals surface area contributed by atoms with Crippen molar-refractivity contribution in [3.05, 3.63) is 84.2 Å². The van der Waals surface area contributed by atoms with Gasteiger partial charge in [-0.05, 0) is 11.1 Å². The summed E-state index contributed by atoms with van der Waals surface area (Å²) in [7, 11) is 0. The summed E-state index contributed by atoms with van der Waals surface area (Å²) < 4.78 is 0.0843. The third-order valence-electron chi connectivity index (χ3n) is 3.54. The molecule has 1 aliphatic heterocycles. The van der Waals surface area contributed by atoms with Crippen LogP contribution in [0, 0.1) is 0 Å². The molecule has 1 atom stereocenters. The second-order valence-electron chi connectivity index (χ2n) is 5.32. The van der Waals surface area contributed by atoms with Gasteiger partial charge in [-0.2, -0.15) is 5.10 Å². The van der Waals surface area contributed by atoms with Crippen molar-refractivity contribution < 1.29 is 9.70 Å². The standard InChI is InChI=1S/C18H19N4O/c23-16-22(20-14-18-9-5-2-6-10-18)12-11-21(15-22)19-13-17-7-3-1-4-8-17/h1-14,23H,15-16H2/q+1/b19-13+,20-14+. The normalized spacial score (nSPS) is 20.8. The van der Waals surface area contributed by atoms with Crippen LogP contribution in [0.3, 0.4) is 0 Å². The van der Waals surface area contributed by atoms with Gasteiger partial charge in [-0.3, -0.25) is 0 Å². The van der Waals surface area contributed by atoms with Crippen LogP contribution in [0.15, 0.2) is 83.3 Å². The predicted molar refractivity (Wildman–Crippen MR) is 91.3 cm³/mol. The van der Waals surface area contributed by atoms with Crippen molar-refractivity contribution in [2.24, 2.45) is 10.2 Å². The molecule has 116 valence electrons. The first-order chi connectivity index (χ1) is 11.3. The van der Waals surface area contributed by atoms with Crippen LogP contribution in [-0.4, -0.2) is 40.5 Å². The van der Waals surface area contributed by atoms with E-state index in [1.165, 1.54) is 0 Å². The molecule has 5 nitrogen and oxygen atoms in total. The van der Waals surface area contributed by atoms with Gasteiger partial charge in [0.2, 0.25) is 13.4 Å². The first kappa shape index (κ1) is 15.1. The lowest BCUT2D eigenvalue weighted by atomic mass is 10.2. The van der Waals surface area contributed by atoms with Gasteiger partial charge in [0.15, 0.2) is 0 Å². The van der Waals surface area contributed by atoms with Crippen molar-refractivity contribution in [3.8, 4) is 0 Å². The summed E-state index contributed by atoms with van der Waals surface area (Å²) in [6.07, 6.45) is 7.23. The van der Waals surface area contributed by atoms with Crippen LogP contribution in [0.2, 0.25) is 0 Å². The highest BCUT2D eigenvalue weighted by molar-refractivity contribution is 5.79. The monoisotopic (exact) mass is 307 g/mol. The minimum atomic E-state index is -0.114. The Labute approximate surface area is 135 Å². The molecule has 0 amide bonds. The Morgan fingerprint density at radius 3 is 2.17 bits per heavy atom. The Morgan fingerprint density at radius 1 is 0.957 bits per heavy atom. The van der Waals surface area contributed by atoms with E-state index < -0.39 is 0 Å². The van der Waals surface area contributed by atoms with Crippen LogP contribution in [0.5, 0.6) is 0 Å². The van der Waals surface area contributed by atoms with Crippen LogP contribution in [0.25, 0.3) is 0 Å². The third kappa shape index (κ3) is 3.91. The number of benzene rings is 2. The zero-order valence-corrected chi connectivity index (χ0v) is 12.7. The maximum absolute atomic E-state index is 9.73. The number of aliphatic hydroxyl groups is 1. The fraction of sp³-hybridized carbons (Fsp3) is 0.111. The largest absolute Gasteiger partial charge is 0.345 e. The van der Waals surface area contributed by atoms with Gasteiger partial charge in [0.05, 0.1) is 18.6 Å². The van der Waals surface area contributed by atoms with Crippen LogP contribution < -0.4 is 0 Å². The molecule has 1 aliphatic rings. The number of aliphatic hydroxyl groups excluding tert-OH is 1. The van der Waals surface area contributed by atoms with Crippen molar-refractivity contribution in [2.45, 2.75) is 0 Å². The highest BCUT2D eigenvalue weighted by Gasteiger charge is 2.31. The van der Waals surface area contributed by atoms with E-state index in [4.69, 9.17) is 0 Å². The highest BCUT2D eigenvalue weighted by atomic mass is 16.3. The number of hydrazone groups is 1. The van der Waals surface area contributed by atoms with Crippen LogP contribution in [0.4, 0.5) is 0 Å². The van der Waals surface area contributed by atoms with Gasteiger partial charge >= 0.3 is 0 Å². The molecule has 1 heterocycles. The third-order valence-corrected chi connectivity index (χ3v) is 3.54. The smallest absolute Gasteiger partial charge is 0.210 e. The average molecular weight is 307 g/mol. The molecule has 0 saturated heterocycles. The molecule has 0 spiro atoms. The molecular weight excluding hydrogens is 288 g/mol. The van der Waals surface area contributed by atoms with E-state index in [0.29, 0.717) is 6.67 Å². The molecule has 0 bridgehead atoms. The maximum Gasteiger partial charge on any atom is 0.210 e. The second kappa shape index (κ2) is 7.00. The van der Waals surface area contributed by atoms with Gasteiger partial charge in [0.1, 0.15) is 6.20 Å². The molecule has 0 saturated carbocycles. The molecule has 2 aromatic rings. The summed E-state index contributed by atoms with van der Waals surface area (Å²) in [6.45, 7) is 0.348. The fourth-order valence-corrected chi connectivity index (χ4v) is 2.23. The minimum Gasteiger partial charge on any atom is -0.345 e. The molecule has 0 aliphatic carbocycles. The topological polar surface area (TPSA) is 48.2 Å². The average Bonchev–Trinajstić information content (AvgIpc) is 3.04. The predicted octanol–water partition coefficient (Wildman–Crippen LogP) is 2.57. The van der Waals surface area contributed by atoms with E-state index >= 15 is 0 Å². The Kier molecular flexibility index (Phi) is 4.61. The summed E-state index contributed by atoms with van der Waals surface area (Å²) in [5, 5.41) is 20.4. The van der Waals surface area contributed by atoms with Gasteiger partial charge in [0, 0.05) is 0 Å². The molecule has 0 radical (unpaired) electrons. The number of quaternary nitrogens is 1. The first-order valence-electron chi connectivity index (χ1n) is 7.43. The van der Waals surface area contributed by atoms with Gasteiger partial charge in [-0.15, -0.1) is 4.59 Å². The van der Waals surface area contributed by atoms with E-state index in [2.05, 4.69) is 10.2 Å². The Balaban J connectivity index is 1.68. The van der Waals surface area contributed by atoms with E-state index in [-0.39, 0.29) is 11.3 Å². The number of nitrogens with zero attached hydrogens (tertiary/aromatic N) is 4. The number of hydrogen-bond acceptors (Lipinski definition) is 4. The molecule has 1 N–H and O–H groups in total. The van der Waals surface area contributed by atoms with E-state index in [1.807, 2.05) is 73.1 Å². The lowest BCUT2D eigenvalue weighted by Crippen LogP contribution is -2.39. The number of hydrogen-bond donors (Lipinski definition) is 1. The minimum absolute atomic E-state index is 0.0843. The summed E-state index contributed by atoms with van der Waals surface area (Å²) in [5.74, 6) is 0. The van der Waals surface area contributed by atoms with Gasteiger partial charge in [0.25, 0.3) is 0 Å². The zero-order valence-electron chi connectivity index (χ0n) is 12.7. The van der Waals surface area contributed by atoms with Crippen molar-refractivity contribution >= 4 is 12.4 Å². The van der Waals surface area contributed by atoms with Crippen molar-refractivity contribution in [1.29, 1.82) is 0 Å². The Bertz CT molecular complexity index is 712. The molecule has 2 aromatic carbocycles. The highest BCUT2D eigenvalue weighted by Crippen LogP contribution is 2.18. The van der Waals surface area contributed by atoms with E-state index in [0.717, 1.165) is 11.1 Å². The van der Waals surface area contributed by atoms with Gasteiger partial charge < -0.3 is 5.11 Å². The van der Waals surface area contributed by atoms with Crippen LogP contribution in [0.1, 0.15) is 11.1 Å². The molecule has 1 unspecified atom stereocenters. The lowest BCUT2D eigenvalue weighted by Gasteiger charge is -2.22. The Hall–Kier alpha value is -2.76. The van der Waals surface area contributed by atoms with Crippen molar-refractivity contribution in [2.75, 3.05) is 13.4 Å². The number of rotatable bonds is 5. The second-order valence-corrected chi connectivity index (χ2v) is 5.32. The molecular formula is C18H19N4O+.